The first-order valence-corrected chi connectivity index (χ1v) is 6.54. The number of fused-ring (bicyclic) bond motifs is 1. The number of hydrogen-bond acceptors (Lipinski definition) is 4. The van der Waals surface area contributed by atoms with Crippen molar-refractivity contribution in [2.75, 3.05) is 12.3 Å². The number of thiazole rings is 1. The Labute approximate surface area is 110 Å². The normalized spacial score (nSPS) is 11.2. The van der Waals surface area contributed by atoms with E-state index in [1.54, 1.807) is 0 Å². The van der Waals surface area contributed by atoms with Crippen LogP contribution < -0.4 is 11.1 Å². The van der Waals surface area contributed by atoms with Gasteiger partial charge in [0.25, 0.3) is 0 Å². The van der Waals surface area contributed by atoms with Gasteiger partial charge in [0.15, 0.2) is 5.13 Å². The highest BCUT2D eigenvalue weighted by molar-refractivity contribution is 7.22. The first-order valence-electron chi connectivity index (χ1n) is 5.73. The summed E-state index contributed by atoms with van der Waals surface area (Å²) >= 11 is 1.49. The molecule has 1 aromatic carbocycles. The van der Waals surface area contributed by atoms with Crippen LogP contribution in [0.3, 0.4) is 0 Å². The number of nitrogens with zero attached hydrogens (tertiary/aromatic N) is 1. The summed E-state index contributed by atoms with van der Waals surface area (Å²) in [5.41, 5.74) is 7.70. The van der Waals surface area contributed by atoms with Crippen LogP contribution in [0.1, 0.15) is 18.9 Å². The SMILES string of the molecule is CC(=O)NCCC=Cc1cccc2sc(N)nc12. The Hall–Kier alpha value is -1.88. The molecule has 0 aliphatic carbocycles. The number of carbonyl (C=O) groups is 1. The predicted octanol–water partition coefficient (Wildman–Crippen LogP) is 2.42. The summed E-state index contributed by atoms with van der Waals surface area (Å²) in [6.07, 6.45) is 4.85. The monoisotopic (exact) mass is 261 g/mol. The Morgan fingerprint density at radius 1 is 1.56 bits per heavy atom. The van der Waals surface area contributed by atoms with E-state index >= 15 is 0 Å². The lowest BCUT2D eigenvalue weighted by molar-refractivity contribution is -0.118. The molecule has 2 rings (SSSR count). The van der Waals surface area contributed by atoms with E-state index in [9.17, 15) is 4.79 Å². The van der Waals surface area contributed by atoms with Crippen molar-refractivity contribution in [2.45, 2.75) is 13.3 Å². The number of hydrogen-bond donors (Lipinski definition) is 2. The quantitative estimate of drug-likeness (QED) is 0.830. The fourth-order valence-corrected chi connectivity index (χ4v) is 2.43. The number of rotatable bonds is 4. The van der Waals surface area contributed by atoms with Crippen LogP contribution in [0.5, 0.6) is 0 Å². The summed E-state index contributed by atoms with van der Waals surface area (Å²) in [6.45, 7) is 2.17. The zero-order chi connectivity index (χ0) is 13.0. The summed E-state index contributed by atoms with van der Waals surface area (Å²) in [7, 11) is 0. The van der Waals surface area contributed by atoms with Gasteiger partial charge in [-0.05, 0) is 12.5 Å². The van der Waals surface area contributed by atoms with E-state index in [0.717, 1.165) is 22.2 Å². The maximum absolute atomic E-state index is 10.7. The van der Waals surface area contributed by atoms with Gasteiger partial charge in [-0.1, -0.05) is 35.6 Å². The molecule has 94 valence electrons. The molecule has 18 heavy (non-hydrogen) atoms. The maximum atomic E-state index is 10.7. The molecule has 0 spiro atoms. The third kappa shape index (κ3) is 3.07. The molecule has 0 bridgehead atoms. The van der Waals surface area contributed by atoms with Crippen molar-refractivity contribution < 1.29 is 4.79 Å². The fourth-order valence-electron chi connectivity index (χ4n) is 1.66. The molecule has 2 aromatic rings. The number of para-hydroxylation sites is 1. The second-order valence-electron chi connectivity index (χ2n) is 3.92. The Bertz CT molecular complexity index is 589. The summed E-state index contributed by atoms with van der Waals surface area (Å²) in [5, 5.41) is 3.34. The largest absolute Gasteiger partial charge is 0.375 e. The number of carbonyl (C=O) groups excluding carboxylic acids is 1. The van der Waals surface area contributed by atoms with Gasteiger partial charge < -0.3 is 11.1 Å². The molecule has 1 heterocycles. The molecular weight excluding hydrogens is 246 g/mol. The minimum atomic E-state index is -0.00206. The lowest BCUT2D eigenvalue weighted by Crippen LogP contribution is -2.20. The molecule has 0 atom stereocenters. The van der Waals surface area contributed by atoms with Crippen LogP contribution in [-0.4, -0.2) is 17.4 Å². The number of nitrogen functional groups attached to an aromatic ring is 1. The van der Waals surface area contributed by atoms with E-state index in [1.165, 1.54) is 18.3 Å². The lowest BCUT2D eigenvalue weighted by atomic mass is 10.1. The Morgan fingerprint density at radius 2 is 2.39 bits per heavy atom. The van der Waals surface area contributed by atoms with E-state index in [1.807, 2.05) is 30.4 Å². The highest BCUT2D eigenvalue weighted by Gasteiger charge is 2.03. The molecule has 0 fully saturated rings. The molecule has 0 unspecified atom stereocenters. The van der Waals surface area contributed by atoms with Gasteiger partial charge in [0.2, 0.25) is 5.91 Å². The topological polar surface area (TPSA) is 68.0 Å². The van der Waals surface area contributed by atoms with Crippen molar-refractivity contribution in [3.05, 3.63) is 29.8 Å². The Kier molecular flexibility index (Phi) is 3.94. The van der Waals surface area contributed by atoms with Crippen LogP contribution in [0, 0.1) is 0 Å². The third-order valence-corrected chi connectivity index (χ3v) is 3.30. The van der Waals surface area contributed by atoms with Gasteiger partial charge in [0.1, 0.15) is 0 Å². The second-order valence-corrected chi connectivity index (χ2v) is 4.98. The molecule has 5 heteroatoms. The molecule has 0 aliphatic rings. The minimum absolute atomic E-state index is 0.00206. The highest BCUT2D eigenvalue weighted by atomic mass is 32.1. The highest BCUT2D eigenvalue weighted by Crippen LogP contribution is 2.26. The van der Waals surface area contributed by atoms with E-state index in [0.29, 0.717) is 11.7 Å². The zero-order valence-corrected chi connectivity index (χ0v) is 11.0. The smallest absolute Gasteiger partial charge is 0.216 e. The molecule has 0 aliphatic heterocycles. The van der Waals surface area contributed by atoms with Crippen LogP contribution in [0.4, 0.5) is 5.13 Å². The summed E-state index contributed by atoms with van der Waals surface area (Å²) < 4.78 is 1.09. The summed E-state index contributed by atoms with van der Waals surface area (Å²) in [5.74, 6) is -0.00206. The van der Waals surface area contributed by atoms with E-state index in [4.69, 9.17) is 5.73 Å². The van der Waals surface area contributed by atoms with E-state index < -0.39 is 0 Å². The van der Waals surface area contributed by atoms with Crippen molar-refractivity contribution in [1.82, 2.24) is 10.3 Å². The van der Waals surface area contributed by atoms with Crippen LogP contribution in [-0.2, 0) is 4.79 Å². The molecule has 1 amide bonds. The van der Waals surface area contributed by atoms with Crippen molar-refractivity contribution in [2.24, 2.45) is 0 Å². The molecule has 0 saturated carbocycles. The van der Waals surface area contributed by atoms with E-state index in [-0.39, 0.29) is 5.91 Å². The first-order chi connectivity index (χ1) is 8.66. The Balaban J connectivity index is 2.07. The van der Waals surface area contributed by atoms with Gasteiger partial charge in [0.05, 0.1) is 10.2 Å². The molecule has 1 aromatic heterocycles. The van der Waals surface area contributed by atoms with Crippen LogP contribution >= 0.6 is 11.3 Å². The average molecular weight is 261 g/mol. The lowest BCUT2D eigenvalue weighted by Gasteiger charge is -1.97. The molecule has 4 nitrogen and oxygen atoms in total. The van der Waals surface area contributed by atoms with Gasteiger partial charge in [-0.2, -0.15) is 0 Å². The number of anilines is 1. The fraction of sp³-hybridized carbons (Fsp3) is 0.231. The zero-order valence-electron chi connectivity index (χ0n) is 10.1. The van der Waals surface area contributed by atoms with Crippen molar-refractivity contribution in [1.29, 1.82) is 0 Å². The molecule has 0 saturated heterocycles. The van der Waals surface area contributed by atoms with E-state index in [2.05, 4.69) is 10.3 Å². The number of nitrogens with one attached hydrogen (secondary N) is 1. The maximum Gasteiger partial charge on any atom is 0.216 e. The number of benzene rings is 1. The molecule has 3 N–H and O–H groups in total. The van der Waals surface area contributed by atoms with Crippen LogP contribution in [0.15, 0.2) is 24.3 Å². The summed E-state index contributed by atoms with van der Waals surface area (Å²) in [4.78, 5) is 15.0. The second kappa shape index (κ2) is 5.64. The minimum Gasteiger partial charge on any atom is -0.375 e. The average Bonchev–Trinajstić information content (AvgIpc) is 2.69. The van der Waals surface area contributed by atoms with Gasteiger partial charge in [0, 0.05) is 19.0 Å². The van der Waals surface area contributed by atoms with Crippen LogP contribution in [0.2, 0.25) is 0 Å². The van der Waals surface area contributed by atoms with Crippen LogP contribution in [0.25, 0.3) is 16.3 Å². The number of aromatic nitrogens is 1. The molecular formula is C13H15N3OS. The van der Waals surface area contributed by atoms with Gasteiger partial charge in [-0.3, -0.25) is 4.79 Å². The van der Waals surface area contributed by atoms with Gasteiger partial charge >= 0.3 is 0 Å². The van der Waals surface area contributed by atoms with Gasteiger partial charge in [-0.15, -0.1) is 0 Å². The number of amides is 1. The number of nitrogens with two attached hydrogens (primary N) is 1. The van der Waals surface area contributed by atoms with Crippen molar-refractivity contribution >= 4 is 38.7 Å². The van der Waals surface area contributed by atoms with Crippen molar-refractivity contribution in [3.63, 3.8) is 0 Å². The van der Waals surface area contributed by atoms with Crippen molar-refractivity contribution in [3.8, 4) is 0 Å². The standard InChI is InChI=1S/C13H15N3OS/c1-9(17)15-8-3-2-5-10-6-4-7-11-12(10)16-13(14)18-11/h2,4-7H,3,8H2,1H3,(H2,14,16)(H,15,17). The van der Waals surface area contributed by atoms with Gasteiger partial charge in [-0.25, -0.2) is 4.98 Å². The molecule has 0 radical (unpaired) electrons. The third-order valence-electron chi connectivity index (χ3n) is 2.45. The summed E-state index contributed by atoms with van der Waals surface area (Å²) in [6, 6.07) is 6.02. The predicted molar refractivity (Wildman–Crippen MR) is 76.4 cm³/mol. The Morgan fingerprint density at radius 3 is 3.17 bits per heavy atom. The first kappa shape index (κ1) is 12.6.